The van der Waals surface area contributed by atoms with E-state index in [1.54, 1.807) is 0 Å². The first kappa shape index (κ1) is 22.3. The molecule has 0 saturated carbocycles. The van der Waals surface area contributed by atoms with Gasteiger partial charge in [-0.1, -0.05) is 48.0 Å². The van der Waals surface area contributed by atoms with Crippen LogP contribution >= 0.6 is 0 Å². The smallest absolute Gasteiger partial charge is 0.241 e. The second-order valence-electron chi connectivity index (χ2n) is 7.66. The summed E-state index contributed by atoms with van der Waals surface area (Å²) < 4.78 is 29.3. The first-order valence-corrected chi connectivity index (χ1v) is 12.2. The molecule has 30 heavy (non-hydrogen) atoms. The molecular weight excluding hydrogens is 400 g/mol. The Morgan fingerprint density at radius 2 is 1.70 bits per heavy atom. The molecule has 1 amide bonds. The number of hydrogen-bond acceptors (Lipinski definition) is 5. The molecule has 2 aromatic carbocycles. The molecule has 1 unspecified atom stereocenters. The quantitative estimate of drug-likeness (QED) is 0.619. The van der Waals surface area contributed by atoms with Gasteiger partial charge in [0, 0.05) is 19.6 Å². The number of sulfone groups is 1. The Kier molecular flexibility index (Phi) is 7.87. The minimum absolute atomic E-state index is 0.0834. The van der Waals surface area contributed by atoms with Gasteiger partial charge in [0.2, 0.25) is 5.91 Å². The van der Waals surface area contributed by atoms with Crippen LogP contribution in [0.5, 0.6) is 5.75 Å². The van der Waals surface area contributed by atoms with Crippen molar-refractivity contribution in [2.24, 2.45) is 0 Å². The number of ether oxygens (including phenoxy) is 1. The van der Waals surface area contributed by atoms with Crippen molar-refractivity contribution in [1.82, 2.24) is 10.2 Å². The van der Waals surface area contributed by atoms with E-state index in [1.807, 2.05) is 66.4 Å². The summed E-state index contributed by atoms with van der Waals surface area (Å²) in [6.07, 6.45) is 1.65. The highest BCUT2D eigenvalue weighted by Gasteiger charge is 2.32. The molecule has 0 spiro atoms. The molecule has 1 N–H and O–H groups in total. The molecule has 1 atom stereocenters. The Morgan fingerprint density at radius 3 is 2.37 bits per heavy atom. The summed E-state index contributed by atoms with van der Waals surface area (Å²) in [6.45, 7) is 3.95. The predicted molar refractivity (Wildman–Crippen MR) is 118 cm³/mol. The van der Waals surface area contributed by atoms with Crippen molar-refractivity contribution in [2.75, 3.05) is 37.7 Å². The third-order valence-corrected chi connectivity index (χ3v) is 6.88. The summed E-state index contributed by atoms with van der Waals surface area (Å²) in [6, 6.07) is 17.0. The van der Waals surface area contributed by atoms with Crippen LogP contribution in [-0.2, 0) is 14.6 Å². The molecule has 0 aromatic heterocycles. The number of rotatable bonds is 9. The van der Waals surface area contributed by atoms with Gasteiger partial charge in [-0.2, -0.15) is 0 Å². The molecule has 3 rings (SSSR count). The number of nitrogens with zero attached hydrogens (tertiary/aromatic N) is 1. The average molecular weight is 431 g/mol. The number of aryl methyl sites for hydroxylation is 1. The van der Waals surface area contributed by atoms with Gasteiger partial charge in [0.15, 0.2) is 9.84 Å². The summed E-state index contributed by atoms with van der Waals surface area (Å²) >= 11 is 0. The number of amides is 1. The molecule has 1 aliphatic rings. The lowest BCUT2D eigenvalue weighted by molar-refractivity contribution is -0.126. The maximum Gasteiger partial charge on any atom is 0.241 e. The van der Waals surface area contributed by atoms with Gasteiger partial charge in [-0.15, -0.1) is 0 Å². The fourth-order valence-corrected chi connectivity index (χ4v) is 4.74. The van der Waals surface area contributed by atoms with Gasteiger partial charge >= 0.3 is 0 Å². The minimum atomic E-state index is -3.00. The van der Waals surface area contributed by atoms with Gasteiger partial charge in [-0.05, 0) is 37.5 Å². The Labute approximate surface area is 179 Å². The highest BCUT2D eigenvalue weighted by atomic mass is 32.2. The van der Waals surface area contributed by atoms with Gasteiger partial charge in [-0.25, -0.2) is 8.42 Å². The lowest BCUT2D eigenvalue weighted by atomic mass is 10.0. The first-order chi connectivity index (χ1) is 14.4. The average Bonchev–Trinajstić information content (AvgIpc) is 2.74. The minimum Gasteiger partial charge on any atom is -0.494 e. The lowest BCUT2D eigenvalue weighted by Crippen LogP contribution is -2.47. The highest BCUT2D eigenvalue weighted by molar-refractivity contribution is 7.91. The van der Waals surface area contributed by atoms with Crippen LogP contribution in [0.25, 0.3) is 0 Å². The molecule has 1 heterocycles. The monoisotopic (exact) mass is 430 g/mol. The van der Waals surface area contributed by atoms with E-state index in [9.17, 15) is 13.2 Å². The van der Waals surface area contributed by atoms with Crippen LogP contribution in [0.15, 0.2) is 54.6 Å². The van der Waals surface area contributed by atoms with Gasteiger partial charge < -0.3 is 10.1 Å². The molecule has 6 nitrogen and oxygen atoms in total. The van der Waals surface area contributed by atoms with Crippen LogP contribution < -0.4 is 10.1 Å². The van der Waals surface area contributed by atoms with E-state index < -0.39 is 15.9 Å². The number of nitrogens with one attached hydrogen (secondary N) is 1. The summed E-state index contributed by atoms with van der Waals surface area (Å²) in [4.78, 5) is 14.9. The van der Waals surface area contributed by atoms with E-state index in [1.165, 1.54) is 5.56 Å². The summed E-state index contributed by atoms with van der Waals surface area (Å²) in [5.41, 5.74) is 2.08. The van der Waals surface area contributed by atoms with E-state index in [0.717, 1.165) is 24.2 Å². The number of carbonyl (C=O) groups is 1. The second-order valence-corrected chi connectivity index (χ2v) is 9.96. The fourth-order valence-electron chi connectivity index (χ4n) is 3.51. The van der Waals surface area contributed by atoms with Crippen molar-refractivity contribution >= 4 is 15.7 Å². The Morgan fingerprint density at radius 1 is 1.03 bits per heavy atom. The molecule has 2 aromatic rings. The number of carbonyl (C=O) groups excluding carboxylic acids is 1. The van der Waals surface area contributed by atoms with E-state index in [4.69, 9.17) is 4.74 Å². The zero-order valence-electron chi connectivity index (χ0n) is 17.4. The Bertz CT molecular complexity index is 900. The van der Waals surface area contributed by atoms with Gasteiger partial charge in [-0.3, -0.25) is 9.69 Å². The van der Waals surface area contributed by atoms with Gasteiger partial charge in [0.05, 0.1) is 18.1 Å². The molecule has 1 saturated heterocycles. The summed E-state index contributed by atoms with van der Waals surface area (Å²) in [5.74, 6) is 0.966. The summed E-state index contributed by atoms with van der Waals surface area (Å²) in [5, 5.41) is 3.02. The van der Waals surface area contributed by atoms with Crippen molar-refractivity contribution in [3.8, 4) is 5.75 Å². The van der Waals surface area contributed by atoms with E-state index in [2.05, 4.69) is 5.32 Å². The van der Waals surface area contributed by atoms with Crippen molar-refractivity contribution in [2.45, 2.75) is 25.8 Å². The molecule has 1 aliphatic heterocycles. The topological polar surface area (TPSA) is 75.7 Å². The van der Waals surface area contributed by atoms with E-state index in [0.29, 0.717) is 26.2 Å². The molecule has 0 bridgehead atoms. The van der Waals surface area contributed by atoms with Gasteiger partial charge in [0.1, 0.15) is 11.8 Å². The van der Waals surface area contributed by atoms with E-state index >= 15 is 0 Å². The standard InChI is InChI=1S/C23H30N2O4S/c1-19-9-11-21(12-10-19)29-16-6-5-13-24-23(26)22(20-7-3-2-4-8-20)25-14-17-30(27,28)18-15-25/h2-4,7-12,22H,5-6,13-18H2,1H3,(H,24,26). The predicted octanol–water partition coefficient (Wildman–Crippen LogP) is 2.74. The lowest BCUT2D eigenvalue weighted by Gasteiger charge is -2.33. The van der Waals surface area contributed by atoms with Gasteiger partial charge in [0.25, 0.3) is 0 Å². The maximum atomic E-state index is 13.0. The number of hydrogen-bond donors (Lipinski definition) is 1. The van der Waals surface area contributed by atoms with Crippen molar-refractivity contribution in [1.29, 1.82) is 0 Å². The van der Waals surface area contributed by atoms with Crippen molar-refractivity contribution < 1.29 is 17.9 Å². The fraction of sp³-hybridized carbons (Fsp3) is 0.435. The van der Waals surface area contributed by atoms with Crippen LogP contribution in [0, 0.1) is 6.92 Å². The largest absolute Gasteiger partial charge is 0.494 e. The van der Waals surface area contributed by atoms with Crippen LogP contribution in [0.1, 0.15) is 30.0 Å². The van der Waals surface area contributed by atoms with Crippen molar-refractivity contribution in [3.05, 3.63) is 65.7 Å². The zero-order valence-corrected chi connectivity index (χ0v) is 18.2. The van der Waals surface area contributed by atoms with E-state index in [-0.39, 0.29) is 17.4 Å². The molecule has 7 heteroatoms. The molecular formula is C23H30N2O4S. The summed E-state index contributed by atoms with van der Waals surface area (Å²) in [7, 11) is -3.00. The maximum absolute atomic E-state index is 13.0. The second kappa shape index (κ2) is 10.6. The normalized spacial score (nSPS) is 17.2. The van der Waals surface area contributed by atoms with Crippen LogP contribution in [-0.4, -0.2) is 57.0 Å². The zero-order chi connectivity index (χ0) is 21.4. The Balaban J connectivity index is 1.48. The molecule has 0 radical (unpaired) electrons. The SMILES string of the molecule is Cc1ccc(OCCCCNC(=O)C(c2ccccc2)N2CCS(=O)(=O)CC2)cc1. The van der Waals surface area contributed by atoms with Crippen molar-refractivity contribution in [3.63, 3.8) is 0 Å². The first-order valence-electron chi connectivity index (χ1n) is 10.4. The van der Waals surface area contributed by atoms with Crippen LogP contribution in [0.3, 0.4) is 0 Å². The third-order valence-electron chi connectivity index (χ3n) is 5.27. The van der Waals surface area contributed by atoms with Crippen LogP contribution in [0.2, 0.25) is 0 Å². The molecule has 1 fully saturated rings. The number of unbranched alkanes of at least 4 members (excludes halogenated alkanes) is 1. The Hall–Kier alpha value is -2.38. The molecule has 162 valence electrons. The van der Waals surface area contributed by atoms with Crippen LogP contribution in [0.4, 0.5) is 0 Å². The molecule has 0 aliphatic carbocycles. The number of benzene rings is 2. The highest BCUT2D eigenvalue weighted by Crippen LogP contribution is 2.23. The third kappa shape index (κ3) is 6.57.